The first-order valence-corrected chi connectivity index (χ1v) is 46.1. The average Bonchev–Trinajstić information content (AvgIpc) is 0.754. The molecule has 0 bridgehead atoms. The lowest BCUT2D eigenvalue weighted by molar-refractivity contribution is 0.468. The smallest absolute Gasteiger partial charge is 0.127 e. The quantitative estimate of drug-likeness (QED) is 0.0379. The number of phenolic OH excluding ortho intramolecular Hbond substituents is 21. The molecule has 0 saturated carbocycles. The van der Waals surface area contributed by atoms with E-state index in [1.54, 1.807) is 243 Å². The molecule has 0 radical (unpaired) electrons. The Morgan fingerprint density at radius 1 is 0.125 bits per heavy atom. The van der Waals surface area contributed by atoms with Crippen molar-refractivity contribution in [3.63, 3.8) is 0 Å². The van der Waals surface area contributed by atoms with Crippen LogP contribution in [0.15, 0.2) is 382 Å². The summed E-state index contributed by atoms with van der Waals surface area (Å²) in [7, 11) is 0. The van der Waals surface area contributed by atoms with E-state index in [0.29, 0.717) is 84.9 Å². The van der Waals surface area contributed by atoms with E-state index in [4.69, 9.17) is 0 Å². The Balaban J connectivity index is 0.000000125. The van der Waals surface area contributed by atoms with Gasteiger partial charge in [-0.15, -0.1) is 0 Å². The number of aromatic hydroxyl groups is 21. The molecule has 21 heteroatoms. The first-order valence-electron chi connectivity index (χ1n) is 46.1. The fraction of sp³-hybridized carbons (Fsp3) is 0.0732. The van der Waals surface area contributed by atoms with Gasteiger partial charge in [-0.25, -0.2) is 0 Å². The zero-order valence-corrected chi connectivity index (χ0v) is 77.6. The minimum Gasteiger partial charge on any atom is -0.508 e. The van der Waals surface area contributed by atoms with Gasteiger partial charge in [-0.2, -0.15) is 0 Å². The predicted molar refractivity (Wildman–Crippen MR) is 562 cm³/mol. The molecule has 21 aromatic carbocycles. The van der Waals surface area contributed by atoms with Gasteiger partial charge in [0.15, 0.2) is 0 Å². The zero-order valence-electron chi connectivity index (χ0n) is 77.6. The molecule has 0 aliphatic heterocycles. The molecule has 0 fully saturated rings. The van der Waals surface area contributed by atoms with Gasteiger partial charge in [-0.05, 0) is 360 Å². The zero-order chi connectivity index (χ0) is 101. The van der Waals surface area contributed by atoms with Crippen molar-refractivity contribution >= 4 is 64.6 Å². The molecule has 0 unspecified atom stereocenters. The molecule has 0 amide bonds. The van der Waals surface area contributed by atoms with Crippen LogP contribution < -0.4 is 0 Å². The monoisotopic (exact) mass is 1910 g/mol. The van der Waals surface area contributed by atoms with Crippen molar-refractivity contribution in [1.82, 2.24) is 0 Å². The minimum absolute atomic E-state index is 0.123. The molecular weight excluding hydrogens is 1810 g/mol. The van der Waals surface area contributed by atoms with Crippen molar-refractivity contribution in [1.29, 1.82) is 0 Å². The molecule has 0 heterocycles. The largest absolute Gasteiger partial charge is 0.508 e. The van der Waals surface area contributed by atoms with Crippen LogP contribution in [-0.2, 0) is 57.8 Å². The summed E-state index contributed by atoms with van der Waals surface area (Å²) < 4.78 is 0. The van der Waals surface area contributed by atoms with Crippen LogP contribution in [0.4, 0.5) is 0 Å². The van der Waals surface area contributed by atoms with Gasteiger partial charge in [0, 0.05) is 75.4 Å². The molecule has 144 heavy (non-hydrogen) atoms. The molecule has 0 aromatic heterocycles. The Morgan fingerprint density at radius 2 is 0.396 bits per heavy atom. The van der Waals surface area contributed by atoms with E-state index in [9.17, 15) is 107 Å². The Labute approximate surface area is 827 Å². The van der Waals surface area contributed by atoms with Crippen LogP contribution in [0.1, 0.15) is 100 Å². The third-order valence-electron chi connectivity index (χ3n) is 25.0. The van der Waals surface area contributed by atoms with Crippen molar-refractivity contribution < 1.29 is 107 Å². The highest BCUT2D eigenvalue weighted by atomic mass is 16.3. The number of benzene rings is 21. The lowest BCUT2D eigenvalue weighted by atomic mass is 9.92. The number of rotatable bonds is 18. The van der Waals surface area contributed by atoms with E-state index in [2.05, 4.69) is 0 Å². The summed E-state index contributed by atoms with van der Waals surface area (Å²) in [6.45, 7) is 0. The highest BCUT2D eigenvalue weighted by Gasteiger charge is 2.21. The third-order valence-corrected chi connectivity index (χ3v) is 25.0. The standard InChI is InChI=1S/3C24H20O4.3C17H14O3/c25-19-6-1-15(2-7-19)11-17-5-10-23(27)22-13-18(24(28)14-21(17)22)12-16-3-8-20(26)9-4-16;25-19-5-1-15(2-6-19)11-17-13-18(12-16-3-7-20(26)8-4-16)24(28)22-10-9-21(27)14-23(17)22;25-19-8-4-15(5-9-19)12-17-14-18(13-16-6-10-20(26)11-7-16)24(28)21-2-1-3-22(27)23(17)21;18-13-4-1-11(2-5-13)9-12-3-8-17(20)15-7-6-14(19)10-16(12)15;18-14-6-4-11(5-7-14)8-13-9-15-12(10-17(13)20)2-1-3-16(15)19;18-12-6-4-11(5-7-12)10-15-13-2-1-3-16(19)14(13)8-9-17(15)20/h2*1-10,13-14,25-28H,11-12H2;1-11,14,25-28H,12-13H2;1-8,10,18-20H,9H2;1-7,9-10,18-20H,8H2;1-9,18-20H,10H2. The molecule has 0 atom stereocenters. The fourth-order valence-corrected chi connectivity index (χ4v) is 17.5. The van der Waals surface area contributed by atoms with Gasteiger partial charge >= 0.3 is 0 Å². The fourth-order valence-electron chi connectivity index (χ4n) is 17.5. The van der Waals surface area contributed by atoms with Gasteiger partial charge in [0.05, 0.1) is 0 Å². The molecule has 21 N–H and O–H groups in total. The maximum Gasteiger partial charge on any atom is 0.127 e. The second kappa shape index (κ2) is 44.2. The maximum atomic E-state index is 10.8. The lowest BCUT2D eigenvalue weighted by Crippen LogP contribution is -1.96. The summed E-state index contributed by atoms with van der Waals surface area (Å²) in [6, 6.07) is 109. The van der Waals surface area contributed by atoms with Crippen LogP contribution in [0.25, 0.3) is 64.6 Å². The first kappa shape index (κ1) is 98.0. The van der Waals surface area contributed by atoms with Crippen LogP contribution in [0.2, 0.25) is 0 Å². The van der Waals surface area contributed by atoms with Crippen LogP contribution in [-0.4, -0.2) is 107 Å². The molecule has 21 rings (SSSR count). The molecule has 21 nitrogen and oxygen atoms in total. The van der Waals surface area contributed by atoms with E-state index in [0.717, 1.165) is 138 Å². The molecule has 0 aliphatic rings. The second-order valence-electron chi connectivity index (χ2n) is 35.3. The normalized spacial score (nSPS) is 10.9. The van der Waals surface area contributed by atoms with Gasteiger partial charge in [0.2, 0.25) is 0 Å². The van der Waals surface area contributed by atoms with E-state index < -0.39 is 0 Å². The van der Waals surface area contributed by atoms with Crippen molar-refractivity contribution in [2.45, 2.75) is 57.8 Å². The Bertz CT molecular complexity index is 8110. The minimum atomic E-state index is 0.123. The molecule has 0 spiro atoms. The molecule has 0 aliphatic carbocycles. The van der Waals surface area contributed by atoms with Crippen molar-refractivity contribution in [2.24, 2.45) is 0 Å². The van der Waals surface area contributed by atoms with Gasteiger partial charge < -0.3 is 107 Å². The summed E-state index contributed by atoms with van der Waals surface area (Å²) in [5.74, 6) is 4.03. The number of hydrogen-bond donors (Lipinski definition) is 21. The highest BCUT2D eigenvalue weighted by Crippen LogP contribution is 2.44. The Kier molecular flexibility index (Phi) is 30.1. The molecule has 720 valence electrons. The van der Waals surface area contributed by atoms with Gasteiger partial charge in [-0.3, -0.25) is 0 Å². The number of hydrogen-bond acceptors (Lipinski definition) is 21. The molecular formula is C123H102O21. The SMILES string of the molecule is Oc1ccc(Cc2c(O)ccc3c(O)cccc23)cc1.Oc1ccc(Cc2cc(Cc3ccc(O)cc3)c3c(O)cccc3c2O)cc1.Oc1ccc(Cc2cc(Cc3ccc(O)cc3)c3cc(O)ccc3c2O)cc1.Oc1ccc(Cc2cc3c(O)ccc(Cc4ccc(O)cc4)c3cc2O)cc1.Oc1ccc(Cc2cc3c(O)cccc3cc2O)cc1.Oc1ccc(Cc2ccc(O)c3ccc(O)cc23)cc1. The predicted octanol–water partition coefficient (Wildman–Crippen LogP) is 25.2. The molecule has 0 saturated heterocycles. The second-order valence-corrected chi connectivity index (χ2v) is 35.3. The highest BCUT2D eigenvalue weighted by molar-refractivity contribution is 5.99. The summed E-state index contributed by atoms with van der Waals surface area (Å²) in [5, 5.41) is 216. The summed E-state index contributed by atoms with van der Waals surface area (Å²) in [6.07, 6.45) is 5.02. The van der Waals surface area contributed by atoms with E-state index >= 15 is 0 Å². The Hall–Kier alpha value is -19.0. The molecule has 21 aromatic rings. The van der Waals surface area contributed by atoms with Crippen LogP contribution in [0, 0.1) is 0 Å². The van der Waals surface area contributed by atoms with Crippen molar-refractivity contribution in [2.75, 3.05) is 0 Å². The van der Waals surface area contributed by atoms with Crippen molar-refractivity contribution in [3.05, 3.63) is 482 Å². The summed E-state index contributed by atoms with van der Waals surface area (Å²) in [5.41, 5.74) is 16.5. The maximum absolute atomic E-state index is 10.8. The van der Waals surface area contributed by atoms with E-state index in [1.165, 1.54) is 0 Å². The van der Waals surface area contributed by atoms with E-state index in [1.807, 2.05) is 140 Å². The topological polar surface area (TPSA) is 425 Å². The van der Waals surface area contributed by atoms with Crippen LogP contribution in [0.3, 0.4) is 0 Å². The van der Waals surface area contributed by atoms with Gasteiger partial charge in [0.25, 0.3) is 0 Å². The average molecular weight is 1920 g/mol. The number of phenols is 21. The number of fused-ring (bicyclic) bond motifs is 6. The van der Waals surface area contributed by atoms with Crippen LogP contribution in [0.5, 0.6) is 121 Å². The lowest BCUT2D eigenvalue weighted by Gasteiger charge is -2.15. The summed E-state index contributed by atoms with van der Waals surface area (Å²) in [4.78, 5) is 0. The summed E-state index contributed by atoms with van der Waals surface area (Å²) >= 11 is 0. The first-order chi connectivity index (χ1) is 69.4. The van der Waals surface area contributed by atoms with Crippen molar-refractivity contribution in [3.8, 4) is 121 Å². The van der Waals surface area contributed by atoms with Gasteiger partial charge in [0.1, 0.15) is 121 Å². The third kappa shape index (κ3) is 24.4. The van der Waals surface area contributed by atoms with E-state index in [-0.39, 0.29) is 121 Å². The Morgan fingerprint density at radius 3 is 0.819 bits per heavy atom. The van der Waals surface area contributed by atoms with Crippen LogP contribution >= 0.6 is 0 Å². The van der Waals surface area contributed by atoms with Gasteiger partial charge in [-0.1, -0.05) is 170 Å².